The molecule has 1 spiro atoms. The molecule has 5 rings (SSSR count). The summed E-state index contributed by atoms with van der Waals surface area (Å²) in [6.45, 7) is 12.1. The van der Waals surface area contributed by atoms with Gasteiger partial charge in [0.15, 0.2) is 0 Å². The molecule has 2 fully saturated rings. The summed E-state index contributed by atoms with van der Waals surface area (Å²) in [6.07, 6.45) is 10.7. The van der Waals surface area contributed by atoms with Crippen molar-refractivity contribution in [3.8, 4) is 0 Å². The van der Waals surface area contributed by atoms with E-state index in [1.165, 1.54) is 0 Å². The van der Waals surface area contributed by atoms with Gasteiger partial charge < -0.3 is 29.7 Å². The Balaban J connectivity index is 1.56. The van der Waals surface area contributed by atoms with Crippen molar-refractivity contribution in [3.05, 3.63) is 59.9 Å². The summed E-state index contributed by atoms with van der Waals surface area (Å²) < 4.78 is 19.0. The molecule has 202 valence electrons. The fourth-order valence-electron chi connectivity index (χ4n) is 7.54. The lowest BCUT2D eigenvalue weighted by Gasteiger charge is -2.49. The van der Waals surface area contributed by atoms with Crippen LogP contribution in [0.2, 0.25) is 0 Å². The van der Waals surface area contributed by atoms with Crippen LogP contribution >= 0.6 is 0 Å². The van der Waals surface area contributed by atoms with Crippen molar-refractivity contribution in [2.24, 2.45) is 29.6 Å². The SMILES string of the molecule is C=C1NC([C@@H](C)O)[C@H](C)/C=C(\C)[C@]23O[C@@H]4C(C=C[C@@H]2C[C@@H]1OC)C3C(O)[C@@H](C)[C@H]4OC(=O)C1=CC=CC1. The van der Waals surface area contributed by atoms with E-state index in [4.69, 9.17) is 14.2 Å². The predicted molar refractivity (Wildman–Crippen MR) is 140 cm³/mol. The topological polar surface area (TPSA) is 97.2 Å². The molecule has 3 N–H and O–H groups in total. The van der Waals surface area contributed by atoms with Gasteiger partial charge in [0.1, 0.15) is 17.8 Å². The quantitative estimate of drug-likeness (QED) is 0.394. The summed E-state index contributed by atoms with van der Waals surface area (Å²) in [5.74, 6) is -1.00. The first-order chi connectivity index (χ1) is 17.6. The molecule has 0 amide bonds. The molecular formula is C30H41NO6. The van der Waals surface area contributed by atoms with Crippen LogP contribution in [-0.4, -0.2) is 65.5 Å². The van der Waals surface area contributed by atoms with Crippen LogP contribution in [0.1, 0.15) is 40.5 Å². The number of nitrogens with one attached hydrogen (secondary N) is 1. The normalized spacial score (nSPS) is 46.8. The number of ether oxygens (including phenoxy) is 3. The number of rotatable bonds is 4. The first-order valence-electron chi connectivity index (χ1n) is 13.6. The monoisotopic (exact) mass is 511 g/mol. The zero-order valence-corrected chi connectivity index (χ0v) is 22.5. The second kappa shape index (κ2) is 9.84. The van der Waals surface area contributed by atoms with Gasteiger partial charge in [0.25, 0.3) is 0 Å². The molecule has 12 atom stereocenters. The van der Waals surface area contributed by atoms with E-state index in [0.717, 1.165) is 11.3 Å². The van der Waals surface area contributed by atoms with Crippen LogP contribution in [0.5, 0.6) is 0 Å². The van der Waals surface area contributed by atoms with Crippen molar-refractivity contribution >= 4 is 5.97 Å². The van der Waals surface area contributed by atoms with Crippen molar-refractivity contribution in [1.29, 1.82) is 0 Å². The van der Waals surface area contributed by atoms with Crippen LogP contribution in [0.25, 0.3) is 0 Å². The number of aliphatic hydroxyl groups is 2. The highest BCUT2D eigenvalue weighted by atomic mass is 16.6. The molecule has 7 nitrogen and oxygen atoms in total. The number of hydrogen-bond acceptors (Lipinski definition) is 7. The average Bonchev–Trinajstić information content (AvgIpc) is 3.46. The van der Waals surface area contributed by atoms with Gasteiger partial charge in [-0.2, -0.15) is 0 Å². The lowest BCUT2D eigenvalue weighted by Crippen LogP contribution is -2.57. The number of hydrogen-bond donors (Lipinski definition) is 3. The van der Waals surface area contributed by atoms with E-state index in [0.29, 0.717) is 18.4 Å². The fourth-order valence-corrected chi connectivity index (χ4v) is 7.54. The van der Waals surface area contributed by atoms with Crippen LogP contribution in [0.3, 0.4) is 0 Å². The zero-order valence-electron chi connectivity index (χ0n) is 22.5. The van der Waals surface area contributed by atoms with Gasteiger partial charge in [-0.15, -0.1) is 0 Å². The maximum Gasteiger partial charge on any atom is 0.334 e. The number of esters is 1. The van der Waals surface area contributed by atoms with Crippen LogP contribution < -0.4 is 5.32 Å². The standard InChI is InChI=1S/C30H41NO6/c1-15-13-16(2)30-21(14-23(35-6)18(4)31-25(15)19(5)32)11-12-22-24(30)26(33)17(3)27(28(22)37-30)36-29(34)20-9-7-8-10-20/h7-9,11-13,15,17,19,21-28,31-33H,4,10,14H2,1-3,5-6H3/b16-13+/t15-,17-,19-,21-,22?,23+,24?,25?,26?,27-,28-,30+/m1/s1. The Morgan fingerprint density at radius 1 is 1.32 bits per heavy atom. The van der Waals surface area contributed by atoms with Crippen LogP contribution in [0.15, 0.2) is 59.9 Å². The zero-order chi connectivity index (χ0) is 26.6. The minimum absolute atomic E-state index is 0.0409. The number of carbonyl (C=O) groups excluding carboxylic acids is 1. The molecule has 3 aliphatic carbocycles. The van der Waals surface area contributed by atoms with E-state index in [-0.39, 0.29) is 53.8 Å². The molecule has 2 heterocycles. The Morgan fingerprint density at radius 2 is 2.08 bits per heavy atom. The van der Waals surface area contributed by atoms with E-state index in [1.54, 1.807) is 20.1 Å². The van der Waals surface area contributed by atoms with E-state index >= 15 is 0 Å². The second-order valence-corrected chi connectivity index (χ2v) is 11.6. The van der Waals surface area contributed by atoms with Crippen molar-refractivity contribution in [3.63, 3.8) is 0 Å². The summed E-state index contributed by atoms with van der Waals surface area (Å²) in [5, 5.41) is 25.8. The van der Waals surface area contributed by atoms with Crippen molar-refractivity contribution in [2.75, 3.05) is 7.11 Å². The summed E-state index contributed by atoms with van der Waals surface area (Å²) in [6, 6.07) is -0.255. The number of allylic oxidation sites excluding steroid dienone is 3. The summed E-state index contributed by atoms with van der Waals surface area (Å²) in [4.78, 5) is 13.0. The molecule has 4 unspecified atom stereocenters. The maximum absolute atomic E-state index is 13.0. The Hall–Kier alpha value is -2.19. The van der Waals surface area contributed by atoms with Crippen molar-refractivity contribution < 1.29 is 29.2 Å². The largest absolute Gasteiger partial charge is 0.456 e. The van der Waals surface area contributed by atoms with Gasteiger partial charge in [0.2, 0.25) is 0 Å². The Labute approximate surface area is 219 Å². The van der Waals surface area contributed by atoms with Crippen molar-refractivity contribution in [1.82, 2.24) is 5.32 Å². The molecule has 7 heteroatoms. The van der Waals surface area contributed by atoms with E-state index < -0.39 is 23.9 Å². The highest BCUT2D eigenvalue weighted by Crippen LogP contribution is 2.61. The lowest BCUT2D eigenvalue weighted by atomic mass is 9.57. The number of methoxy groups -OCH3 is 1. The second-order valence-electron chi connectivity index (χ2n) is 11.6. The highest BCUT2D eigenvalue weighted by Gasteiger charge is 2.68. The molecule has 1 saturated heterocycles. The summed E-state index contributed by atoms with van der Waals surface area (Å²) in [5.41, 5.74) is 1.60. The van der Waals surface area contributed by atoms with Crippen molar-refractivity contribution in [2.45, 2.75) is 82.7 Å². The third-order valence-electron chi connectivity index (χ3n) is 9.47. The van der Waals surface area contributed by atoms with Gasteiger partial charge in [-0.1, -0.05) is 56.9 Å². The van der Waals surface area contributed by atoms with E-state index in [9.17, 15) is 15.0 Å². The van der Waals surface area contributed by atoms with Crippen LogP contribution in [-0.2, 0) is 19.0 Å². The molecule has 0 aromatic carbocycles. The molecule has 0 aromatic heterocycles. The third-order valence-corrected chi connectivity index (χ3v) is 9.47. The third kappa shape index (κ3) is 4.15. The number of carbonyl (C=O) groups is 1. The minimum Gasteiger partial charge on any atom is -0.456 e. The Bertz CT molecular complexity index is 1060. The van der Waals surface area contributed by atoms with Crippen LogP contribution in [0.4, 0.5) is 0 Å². The smallest absolute Gasteiger partial charge is 0.334 e. The van der Waals surface area contributed by atoms with E-state index in [1.807, 2.05) is 19.1 Å². The van der Waals surface area contributed by atoms with Gasteiger partial charge in [-0.25, -0.2) is 4.79 Å². The lowest BCUT2D eigenvalue weighted by molar-refractivity contribution is -0.165. The molecule has 2 aliphatic heterocycles. The molecule has 1 saturated carbocycles. The highest BCUT2D eigenvalue weighted by molar-refractivity contribution is 5.90. The van der Waals surface area contributed by atoms with Gasteiger partial charge in [0.05, 0.1) is 24.4 Å². The molecule has 0 radical (unpaired) electrons. The predicted octanol–water partition coefficient (Wildman–Crippen LogP) is 3.20. The van der Waals surface area contributed by atoms with Gasteiger partial charge >= 0.3 is 5.97 Å². The van der Waals surface area contributed by atoms with Gasteiger partial charge in [-0.05, 0) is 38.2 Å². The van der Waals surface area contributed by atoms with E-state index in [2.05, 4.69) is 44.0 Å². The Morgan fingerprint density at radius 3 is 2.73 bits per heavy atom. The Kier molecular flexibility index (Phi) is 7.03. The van der Waals surface area contributed by atoms with Crippen LogP contribution in [0, 0.1) is 29.6 Å². The number of aliphatic hydroxyl groups excluding tert-OH is 2. The summed E-state index contributed by atoms with van der Waals surface area (Å²) in [7, 11) is 1.67. The first-order valence-corrected chi connectivity index (χ1v) is 13.6. The maximum atomic E-state index is 13.0. The van der Waals surface area contributed by atoms with Gasteiger partial charge in [0, 0.05) is 42.1 Å². The minimum atomic E-state index is -0.779. The van der Waals surface area contributed by atoms with Gasteiger partial charge in [-0.3, -0.25) is 0 Å². The first kappa shape index (κ1) is 26.4. The summed E-state index contributed by atoms with van der Waals surface area (Å²) >= 11 is 0. The average molecular weight is 512 g/mol. The molecule has 0 aromatic rings. The molecule has 37 heavy (non-hydrogen) atoms. The molecule has 4 bridgehead atoms. The fraction of sp³-hybridized carbons (Fsp3) is 0.633. The molecular weight excluding hydrogens is 470 g/mol. The molecule has 5 aliphatic rings.